The van der Waals surface area contributed by atoms with Gasteiger partial charge in [-0.1, -0.05) is 20.8 Å². The molecule has 1 aliphatic carbocycles. The van der Waals surface area contributed by atoms with Crippen LogP contribution in [-0.2, 0) is 0 Å². The Bertz CT molecular complexity index is 365. The van der Waals surface area contributed by atoms with E-state index in [1.807, 2.05) is 11.3 Å². The van der Waals surface area contributed by atoms with Crippen LogP contribution in [0.3, 0.4) is 0 Å². The van der Waals surface area contributed by atoms with Gasteiger partial charge in [-0.3, -0.25) is 0 Å². The van der Waals surface area contributed by atoms with Crippen LogP contribution >= 0.6 is 11.3 Å². The van der Waals surface area contributed by atoms with Crippen molar-refractivity contribution in [3.05, 3.63) is 21.9 Å². The van der Waals surface area contributed by atoms with Crippen LogP contribution in [0.25, 0.3) is 0 Å². The molecule has 0 aromatic carbocycles. The van der Waals surface area contributed by atoms with Crippen LogP contribution in [0.1, 0.15) is 55.7 Å². The molecule has 1 nitrogen and oxygen atoms in total. The minimum absolute atomic E-state index is 0.507. The molecule has 0 saturated heterocycles. The summed E-state index contributed by atoms with van der Waals surface area (Å²) in [4.78, 5) is 3.06. The average molecular weight is 251 g/mol. The molecule has 0 amide bonds. The highest BCUT2D eigenvalue weighted by molar-refractivity contribution is 7.12. The molecule has 1 fully saturated rings. The Kier molecular flexibility index (Phi) is 3.94. The van der Waals surface area contributed by atoms with Gasteiger partial charge in [-0.25, -0.2) is 0 Å². The fourth-order valence-electron chi connectivity index (χ4n) is 3.60. The monoisotopic (exact) mass is 251 g/mol. The first-order valence-corrected chi connectivity index (χ1v) is 7.79. The summed E-state index contributed by atoms with van der Waals surface area (Å²) in [6, 6.07) is 5.36. The second-order valence-corrected chi connectivity index (χ2v) is 6.61. The fourth-order valence-corrected chi connectivity index (χ4v) is 4.71. The summed E-state index contributed by atoms with van der Waals surface area (Å²) < 4.78 is 0. The fraction of sp³-hybridized carbons (Fsp3) is 0.733. The summed E-state index contributed by atoms with van der Waals surface area (Å²) in [5.41, 5.74) is 0.507. The molecule has 1 N–H and O–H groups in total. The Morgan fingerprint density at radius 2 is 2.00 bits per heavy atom. The maximum absolute atomic E-state index is 3.69. The van der Waals surface area contributed by atoms with Gasteiger partial charge in [-0.05, 0) is 50.3 Å². The normalized spacial score (nSPS) is 26.8. The van der Waals surface area contributed by atoms with Gasteiger partial charge in [-0.2, -0.15) is 0 Å². The lowest BCUT2D eigenvalue weighted by Crippen LogP contribution is -2.57. The molecule has 0 bridgehead atoms. The number of hydrogen-bond donors (Lipinski definition) is 1. The van der Waals surface area contributed by atoms with Crippen molar-refractivity contribution in [3.8, 4) is 0 Å². The average Bonchev–Trinajstić information content (AvgIpc) is 2.72. The molecule has 1 aromatic rings. The maximum Gasteiger partial charge on any atom is 0.0136 e. The second-order valence-electron chi connectivity index (χ2n) is 5.29. The topological polar surface area (TPSA) is 12.0 Å². The summed E-state index contributed by atoms with van der Waals surface area (Å²) in [5.74, 6) is 0.792. The molecule has 2 atom stereocenters. The number of thiophene rings is 1. The number of rotatable bonds is 5. The highest BCUT2D eigenvalue weighted by Gasteiger charge is 2.52. The molecular weight excluding hydrogens is 226 g/mol. The third-order valence-electron chi connectivity index (χ3n) is 4.73. The summed E-state index contributed by atoms with van der Waals surface area (Å²) in [5, 5.41) is 3.69. The third-order valence-corrected chi connectivity index (χ3v) is 5.85. The van der Waals surface area contributed by atoms with Gasteiger partial charge >= 0.3 is 0 Å². The van der Waals surface area contributed by atoms with Crippen LogP contribution in [0, 0.1) is 12.3 Å². The van der Waals surface area contributed by atoms with Crippen molar-refractivity contribution >= 4 is 11.3 Å². The first-order valence-electron chi connectivity index (χ1n) is 6.97. The molecule has 0 radical (unpaired) electrons. The molecule has 2 heteroatoms. The number of hydrogen-bond acceptors (Lipinski definition) is 2. The van der Waals surface area contributed by atoms with Crippen LogP contribution in [0.4, 0.5) is 0 Å². The summed E-state index contributed by atoms with van der Waals surface area (Å²) in [7, 11) is 0. The highest BCUT2D eigenvalue weighted by atomic mass is 32.1. The number of nitrogens with one attached hydrogen (secondary N) is 1. The molecule has 0 aliphatic heterocycles. The molecular formula is C15H25NS. The van der Waals surface area contributed by atoms with Gasteiger partial charge in [0.15, 0.2) is 0 Å². The lowest BCUT2D eigenvalue weighted by atomic mass is 9.53. The van der Waals surface area contributed by atoms with E-state index >= 15 is 0 Å². The van der Waals surface area contributed by atoms with Gasteiger partial charge in [0.25, 0.3) is 0 Å². The van der Waals surface area contributed by atoms with Crippen molar-refractivity contribution in [1.29, 1.82) is 0 Å². The maximum atomic E-state index is 3.69. The van der Waals surface area contributed by atoms with Crippen LogP contribution in [-0.4, -0.2) is 12.6 Å². The van der Waals surface area contributed by atoms with E-state index in [1.165, 1.54) is 24.1 Å². The minimum Gasteiger partial charge on any atom is -0.314 e. The Morgan fingerprint density at radius 3 is 2.47 bits per heavy atom. The molecule has 1 aromatic heterocycles. The van der Waals surface area contributed by atoms with Crippen LogP contribution < -0.4 is 5.32 Å². The van der Waals surface area contributed by atoms with Crippen molar-refractivity contribution in [2.45, 2.75) is 58.9 Å². The smallest absolute Gasteiger partial charge is 0.0136 e. The Labute approximate surface area is 110 Å². The van der Waals surface area contributed by atoms with Crippen LogP contribution in [0.2, 0.25) is 0 Å². The van der Waals surface area contributed by atoms with Gasteiger partial charge < -0.3 is 5.32 Å². The predicted molar refractivity (Wildman–Crippen MR) is 76.9 cm³/mol. The Morgan fingerprint density at radius 1 is 1.29 bits per heavy atom. The lowest BCUT2D eigenvalue weighted by molar-refractivity contribution is 0.0229. The van der Waals surface area contributed by atoms with E-state index in [1.54, 1.807) is 4.88 Å². The zero-order valence-corrected chi connectivity index (χ0v) is 12.4. The first kappa shape index (κ1) is 13.1. The van der Waals surface area contributed by atoms with Crippen molar-refractivity contribution < 1.29 is 0 Å². The summed E-state index contributed by atoms with van der Waals surface area (Å²) in [6.07, 6.45) is 3.92. The lowest BCUT2D eigenvalue weighted by Gasteiger charge is -2.56. The Balaban J connectivity index is 2.20. The van der Waals surface area contributed by atoms with Gasteiger partial charge in [0.05, 0.1) is 0 Å². The van der Waals surface area contributed by atoms with Crippen molar-refractivity contribution in [2.75, 3.05) is 6.54 Å². The second kappa shape index (κ2) is 5.11. The van der Waals surface area contributed by atoms with Crippen LogP contribution in [0.15, 0.2) is 12.1 Å². The van der Waals surface area contributed by atoms with Gasteiger partial charge in [0.1, 0.15) is 0 Å². The molecule has 0 spiro atoms. The number of aryl methyl sites for hydroxylation is 1. The highest BCUT2D eigenvalue weighted by Crippen LogP contribution is 2.58. The zero-order valence-electron chi connectivity index (χ0n) is 11.5. The third kappa shape index (κ3) is 2.06. The zero-order chi connectivity index (χ0) is 12.5. The van der Waals surface area contributed by atoms with E-state index in [9.17, 15) is 0 Å². The van der Waals surface area contributed by atoms with E-state index in [0.717, 1.165) is 18.5 Å². The summed E-state index contributed by atoms with van der Waals surface area (Å²) >= 11 is 2.00. The molecule has 2 rings (SSSR count). The summed E-state index contributed by atoms with van der Waals surface area (Å²) in [6.45, 7) is 10.3. The molecule has 2 unspecified atom stereocenters. The molecule has 17 heavy (non-hydrogen) atoms. The SMILES string of the molecule is CCNC1CC(c2ccc(C)s2)C1(CC)CC. The standard InChI is InChI=1S/C15H25NS/c1-5-15(6-2)12(10-14(15)16-7-3)13-9-8-11(4)17-13/h8-9,12,14,16H,5-7,10H2,1-4H3. The Hall–Kier alpha value is -0.340. The first-order chi connectivity index (χ1) is 8.17. The van der Waals surface area contributed by atoms with E-state index < -0.39 is 0 Å². The van der Waals surface area contributed by atoms with Gasteiger partial charge in [0, 0.05) is 21.7 Å². The van der Waals surface area contributed by atoms with E-state index in [-0.39, 0.29) is 0 Å². The van der Waals surface area contributed by atoms with Crippen molar-refractivity contribution in [2.24, 2.45) is 5.41 Å². The van der Waals surface area contributed by atoms with Gasteiger partial charge in [-0.15, -0.1) is 11.3 Å². The molecule has 96 valence electrons. The quantitative estimate of drug-likeness (QED) is 0.821. The van der Waals surface area contributed by atoms with E-state index in [2.05, 4.69) is 45.1 Å². The molecule has 1 aliphatic rings. The van der Waals surface area contributed by atoms with Crippen LogP contribution in [0.5, 0.6) is 0 Å². The van der Waals surface area contributed by atoms with Crippen molar-refractivity contribution in [1.82, 2.24) is 5.32 Å². The van der Waals surface area contributed by atoms with E-state index in [4.69, 9.17) is 0 Å². The molecule has 1 heterocycles. The molecule has 1 saturated carbocycles. The van der Waals surface area contributed by atoms with Gasteiger partial charge in [0.2, 0.25) is 0 Å². The van der Waals surface area contributed by atoms with E-state index in [0.29, 0.717) is 5.41 Å². The predicted octanol–water partition coefficient (Wildman–Crippen LogP) is 4.33. The minimum atomic E-state index is 0.507. The van der Waals surface area contributed by atoms with Crippen molar-refractivity contribution in [3.63, 3.8) is 0 Å². The largest absolute Gasteiger partial charge is 0.314 e.